The molecule has 0 radical (unpaired) electrons. The number of ketones is 2. The highest BCUT2D eigenvalue weighted by atomic mass is 16.5. The molecule has 32 heavy (non-hydrogen) atoms. The van der Waals surface area contributed by atoms with Crippen molar-refractivity contribution in [2.45, 2.75) is 64.7 Å². The highest BCUT2D eigenvalue weighted by Gasteiger charge is 2.74. The average Bonchev–Trinajstić information content (AvgIpc) is 3.43. The number of methoxy groups -OCH3 is 1. The first-order valence-electron chi connectivity index (χ1n) is 12.4. The molecular weight excluding hydrogens is 396 g/mol. The minimum Gasteiger partial charge on any atom is -0.384 e. The Morgan fingerprint density at radius 3 is 2.62 bits per heavy atom. The van der Waals surface area contributed by atoms with Gasteiger partial charge in [-0.15, -0.1) is 0 Å². The fourth-order valence-corrected chi connectivity index (χ4v) is 8.56. The third kappa shape index (κ3) is 2.70. The number of ether oxygens (including phenoxy) is 1. The molecule has 0 N–H and O–H groups in total. The lowest BCUT2D eigenvalue weighted by atomic mass is 9.50. The zero-order chi connectivity index (χ0) is 22.3. The van der Waals surface area contributed by atoms with E-state index in [9.17, 15) is 9.59 Å². The summed E-state index contributed by atoms with van der Waals surface area (Å²) in [4.78, 5) is 24.1. The van der Waals surface area contributed by atoms with Crippen molar-refractivity contribution in [2.24, 2.45) is 28.6 Å². The zero-order valence-corrected chi connectivity index (χ0v) is 19.6. The molecule has 168 valence electrons. The third-order valence-electron chi connectivity index (χ3n) is 10.2. The van der Waals surface area contributed by atoms with Crippen molar-refractivity contribution in [1.82, 2.24) is 0 Å². The first-order valence-corrected chi connectivity index (χ1v) is 12.4. The molecule has 0 saturated heterocycles. The standard InChI is InChI=1S/C29H34O3/c1-17(30)18-4-6-19(7-5-18)25-15-28(2)26(13-21-14-29(21,28)16-32-3)24-10-8-20-12-22(31)9-11-23(20)27(24)25/h4-7,12,21,24-26H,8-11,13-16H2,1-3H3/t21-,24-,25+,26-,28-,29?/m0/s1. The van der Waals surface area contributed by atoms with E-state index < -0.39 is 0 Å². The van der Waals surface area contributed by atoms with E-state index in [4.69, 9.17) is 4.74 Å². The second-order valence-corrected chi connectivity index (χ2v) is 11.4. The van der Waals surface area contributed by atoms with Gasteiger partial charge in [0, 0.05) is 30.4 Å². The topological polar surface area (TPSA) is 43.4 Å². The maximum atomic E-state index is 12.2. The Hall–Kier alpha value is -2.00. The SMILES string of the molecule is COCC12C[C@@H]1C[C@H]1[C@@H]3CCC4=CC(=O)CCC4=C3[C@@H](c3ccc(C(C)=O)cc3)C[C@@]12C. The second-order valence-electron chi connectivity index (χ2n) is 11.4. The van der Waals surface area contributed by atoms with Gasteiger partial charge in [0.15, 0.2) is 11.6 Å². The van der Waals surface area contributed by atoms with Crippen LogP contribution in [0.5, 0.6) is 0 Å². The molecule has 0 spiro atoms. The first-order chi connectivity index (χ1) is 15.4. The summed E-state index contributed by atoms with van der Waals surface area (Å²) in [6.07, 6.45) is 9.57. The average molecular weight is 431 g/mol. The van der Waals surface area contributed by atoms with Gasteiger partial charge in [-0.25, -0.2) is 0 Å². The highest BCUT2D eigenvalue weighted by molar-refractivity contribution is 5.94. The fraction of sp³-hybridized carbons (Fsp3) is 0.586. The zero-order valence-electron chi connectivity index (χ0n) is 19.6. The Morgan fingerprint density at radius 2 is 1.91 bits per heavy atom. The number of hydrogen-bond donors (Lipinski definition) is 0. The summed E-state index contributed by atoms with van der Waals surface area (Å²) < 4.78 is 5.81. The largest absolute Gasteiger partial charge is 0.384 e. The summed E-state index contributed by atoms with van der Waals surface area (Å²) in [5, 5.41) is 0. The third-order valence-corrected chi connectivity index (χ3v) is 10.2. The minimum absolute atomic E-state index is 0.122. The second kappa shape index (κ2) is 7.00. The molecule has 0 amide bonds. The minimum atomic E-state index is 0.122. The van der Waals surface area contributed by atoms with Crippen molar-refractivity contribution < 1.29 is 14.3 Å². The maximum Gasteiger partial charge on any atom is 0.159 e. The predicted octanol–water partition coefficient (Wildman–Crippen LogP) is 6.05. The molecule has 0 heterocycles. The summed E-state index contributed by atoms with van der Waals surface area (Å²) in [5.74, 6) is 2.96. The molecule has 5 aliphatic rings. The molecule has 0 bridgehead atoms. The van der Waals surface area contributed by atoms with Crippen LogP contribution in [0.4, 0.5) is 0 Å². The molecule has 3 saturated carbocycles. The molecule has 0 aromatic heterocycles. The summed E-state index contributed by atoms with van der Waals surface area (Å²) in [6, 6.07) is 8.42. The van der Waals surface area contributed by atoms with E-state index in [1.807, 2.05) is 25.3 Å². The molecule has 0 aliphatic heterocycles. The van der Waals surface area contributed by atoms with Gasteiger partial charge < -0.3 is 4.74 Å². The van der Waals surface area contributed by atoms with Gasteiger partial charge in [-0.05, 0) is 91.4 Å². The summed E-state index contributed by atoms with van der Waals surface area (Å²) in [5.41, 5.74) is 7.23. The van der Waals surface area contributed by atoms with E-state index in [1.54, 1.807) is 12.5 Å². The highest BCUT2D eigenvalue weighted by Crippen LogP contribution is 2.80. The van der Waals surface area contributed by atoms with Crippen LogP contribution in [0.1, 0.15) is 80.6 Å². The number of fused-ring (bicyclic) bond motifs is 6. The van der Waals surface area contributed by atoms with Crippen LogP contribution in [0.25, 0.3) is 0 Å². The Labute approximate surface area is 191 Å². The van der Waals surface area contributed by atoms with Gasteiger partial charge in [-0.1, -0.05) is 36.8 Å². The molecule has 5 aliphatic carbocycles. The molecule has 3 nitrogen and oxygen atoms in total. The lowest BCUT2D eigenvalue weighted by Gasteiger charge is -2.54. The molecule has 3 fully saturated rings. The van der Waals surface area contributed by atoms with Crippen LogP contribution in [0.2, 0.25) is 0 Å². The summed E-state index contributed by atoms with van der Waals surface area (Å²) in [7, 11) is 1.87. The van der Waals surface area contributed by atoms with Crippen molar-refractivity contribution in [3.05, 3.63) is 58.2 Å². The molecular formula is C29H34O3. The van der Waals surface area contributed by atoms with E-state index >= 15 is 0 Å². The number of rotatable bonds is 4. The molecule has 6 rings (SSSR count). The Balaban J connectivity index is 1.49. The Morgan fingerprint density at radius 1 is 1.12 bits per heavy atom. The smallest absolute Gasteiger partial charge is 0.159 e. The lowest BCUT2D eigenvalue weighted by molar-refractivity contribution is -0.114. The van der Waals surface area contributed by atoms with Crippen LogP contribution in [-0.2, 0) is 9.53 Å². The van der Waals surface area contributed by atoms with Crippen LogP contribution in [0.15, 0.2) is 47.1 Å². The van der Waals surface area contributed by atoms with Crippen LogP contribution in [-0.4, -0.2) is 25.3 Å². The predicted molar refractivity (Wildman–Crippen MR) is 125 cm³/mol. The maximum absolute atomic E-state index is 12.2. The quantitative estimate of drug-likeness (QED) is 0.546. The van der Waals surface area contributed by atoms with Gasteiger partial charge in [0.2, 0.25) is 0 Å². The van der Waals surface area contributed by atoms with Crippen LogP contribution >= 0.6 is 0 Å². The Kier molecular flexibility index (Phi) is 4.50. The molecule has 1 aromatic rings. The number of benzene rings is 1. The van der Waals surface area contributed by atoms with Crippen molar-refractivity contribution in [2.75, 3.05) is 13.7 Å². The van der Waals surface area contributed by atoms with Crippen LogP contribution in [0, 0.1) is 28.6 Å². The lowest BCUT2D eigenvalue weighted by Crippen LogP contribution is -2.46. The van der Waals surface area contributed by atoms with Gasteiger partial charge in [-0.3, -0.25) is 9.59 Å². The normalized spacial score (nSPS) is 39.6. The number of carbonyl (C=O) groups is 2. The molecule has 3 heteroatoms. The summed E-state index contributed by atoms with van der Waals surface area (Å²) in [6.45, 7) is 5.09. The number of allylic oxidation sites excluding steroid dienone is 4. The van der Waals surface area contributed by atoms with E-state index in [2.05, 4.69) is 19.1 Å². The van der Waals surface area contributed by atoms with E-state index in [0.717, 1.165) is 43.3 Å². The van der Waals surface area contributed by atoms with Gasteiger partial charge in [-0.2, -0.15) is 0 Å². The number of carbonyl (C=O) groups excluding carboxylic acids is 2. The van der Waals surface area contributed by atoms with Gasteiger partial charge in [0.1, 0.15) is 0 Å². The van der Waals surface area contributed by atoms with Crippen LogP contribution < -0.4 is 0 Å². The van der Waals surface area contributed by atoms with Crippen molar-refractivity contribution in [3.8, 4) is 0 Å². The van der Waals surface area contributed by atoms with E-state index in [0.29, 0.717) is 29.5 Å². The van der Waals surface area contributed by atoms with Crippen molar-refractivity contribution >= 4 is 11.6 Å². The monoisotopic (exact) mass is 430 g/mol. The molecule has 1 aromatic carbocycles. The molecule has 6 atom stereocenters. The van der Waals surface area contributed by atoms with Crippen LogP contribution in [0.3, 0.4) is 0 Å². The van der Waals surface area contributed by atoms with E-state index in [-0.39, 0.29) is 11.2 Å². The van der Waals surface area contributed by atoms with Crippen molar-refractivity contribution in [1.29, 1.82) is 0 Å². The Bertz CT molecular complexity index is 1060. The van der Waals surface area contributed by atoms with Gasteiger partial charge in [0.25, 0.3) is 0 Å². The van der Waals surface area contributed by atoms with Gasteiger partial charge in [0.05, 0.1) is 6.61 Å². The summed E-state index contributed by atoms with van der Waals surface area (Å²) >= 11 is 0. The number of Topliss-reactive ketones (excluding diaryl/α,β-unsaturated/α-hetero) is 1. The molecule has 1 unspecified atom stereocenters. The first kappa shape index (κ1) is 20.6. The van der Waals surface area contributed by atoms with E-state index in [1.165, 1.54) is 36.0 Å². The van der Waals surface area contributed by atoms with Gasteiger partial charge >= 0.3 is 0 Å². The van der Waals surface area contributed by atoms with Crippen molar-refractivity contribution in [3.63, 3.8) is 0 Å². The fourth-order valence-electron chi connectivity index (χ4n) is 8.56. The number of hydrogen-bond acceptors (Lipinski definition) is 3.